The highest BCUT2D eigenvalue weighted by Crippen LogP contribution is 2.23. The van der Waals surface area contributed by atoms with Crippen molar-refractivity contribution in [2.24, 2.45) is 0 Å². The number of benzene rings is 3. The van der Waals surface area contributed by atoms with E-state index in [-0.39, 0.29) is 18.0 Å². The van der Waals surface area contributed by atoms with Gasteiger partial charge in [0, 0.05) is 28.8 Å². The molecule has 188 valence electrons. The van der Waals surface area contributed by atoms with Crippen LogP contribution in [0.1, 0.15) is 45.7 Å². The van der Waals surface area contributed by atoms with E-state index >= 15 is 0 Å². The highest BCUT2D eigenvalue weighted by molar-refractivity contribution is 5.98. The molecule has 0 radical (unpaired) electrons. The van der Waals surface area contributed by atoms with E-state index in [9.17, 15) is 19.2 Å². The van der Waals surface area contributed by atoms with Gasteiger partial charge in [0.1, 0.15) is 17.9 Å². The third kappa shape index (κ3) is 6.29. The number of carbonyl (C=O) groups is 3. The zero-order valence-electron chi connectivity index (χ0n) is 20.6. The Kier molecular flexibility index (Phi) is 7.48. The summed E-state index contributed by atoms with van der Waals surface area (Å²) in [5.41, 5.74) is 2.99. The van der Waals surface area contributed by atoms with Crippen molar-refractivity contribution in [3.05, 3.63) is 105 Å². The predicted octanol–water partition coefficient (Wildman–Crippen LogP) is 5.07. The van der Waals surface area contributed by atoms with Gasteiger partial charge in [-0.25, -0.2) is 9.59 Å². The highest BCUT2D eigenvalue weighted by Gasteiger charge is 2.19. The number of carbonyl (C=O) groups excluding carboxylic acids is 3. The second-order valence-corrected chi connectivity index (χ2v) is 8.56. The van der Waals surface area contributed by atoms with Crippen LogP contribution in [-0.2, 0) is 16.1 Å². The topological polar surface area (TPSA) is 112 Å². The van der Waals surface area contributed by atoms with Crippen LogP contribution in [0.25, 0.3) is 11.0 Å². The maximum atomic E-state index is 12.5. The smallest absolute Gasteiger partial charge is 0.338 e. The second kappa shape index (κ2) is 10.9. The van der Waals surface area contributed by atoms with Crippen LogP contribution < -0.4 is 15.7 Å². The van der Waals surface area contributed by atoms with Crippen molar-refractivity contribution in [3.8, 4) is 5.75 Å². The maximum Gasteiger partial charge on any atom is 0.338 e. The van der Waals surface area contributed by atoms with Crippen molar-refractivity contribution in [2.45, 2.75) is 33.5 Å². The standard InChI is InChI=1S/C29H25NO7/c1-17-14-27(32)37-26-15-24(12-13-25(17)26)35-16-20-4-6-22(7-5-20)29(34)36-19(3)28(33)30-23-10-8-21(9-11-23)18(2)31/h4-15,19H,16H2,1-3H3,(H,30,33). The van der Waals surface area contributed by atoms with Gasteiger partial charge in [-0.2, -0.15) is 0 Å². The number of aryl methyl sites for hydroxylation is 1. The van der Waals surface area contributed by atoms with Crippen molar-refractivity contribution in [2.75, 3.05) is 5.32 Å². The molecule has 1 N–H and O–H groups in total. The molecule has 1 amide bonds. The average Bonchev–Trinajstić information content (AvgIpc) is 2.87. The second-order valence-electron chi connectivity index (χ2n) is 8.56. The summed E-state index contributed by atoms with van der Waals surface area (Å²) in [5.74, 6) is -0.658. The zero-order valence-corrected chi connectivity index (χ0v) is 20.6. The summed E-state index contributed by atoms with van der Waals surface area (Å²) in [6.07, 6.45) is -1.03. The van der Waals surface area contributed by atoms with Gasteiger partial charge in [0.15, 0.2) is 11.9 Å². The Hall–Kier alpha value is -4.72. The van der Waals surface area contributed by atoms with Crippen molar-refractivity contribution in [1.82, 2.24) is 0 Å². The van der Waals surface area contributed by atoms with E-state index in [1.165, 1.54) is 19.9 Å². The summed E-state index contributed by atoms with van der Waals surface area (Å²) in [7, 11) is 0. The Morgan fingerprint density at radius 3 is 2.27 bits per heavy atom. The van der Waals surface area contributed by atoms with Crippen LogP contribution in [0.4, 0.5) is 5.69 Å². The lowest BCUT2D eigenvalue weighted by Gasteiger charge is -2.14. The van der Waals surface area contributed by atoms with Crippen LogP contribution in [0.2, 0.25) is 0 Å². The zero-order chi connectivity index (χ0) is 26.5. The number of nitrogens with one attached hydrogen (secondary N) is 1. The number of Topliss-reactive ketones (excluding diaryl/α,β-unsaturated/α-hetero) is 1. The highest BCUT2D eigenvalue weighted by atomic mass is 16.5. The number of amides is 1. The first-order valence-corrected chi connectivity index (χ1v) is 11.6. The molecule has 37 heavy (non-hydrogen) atoms. The first-order valence-electron chi connectivity index (χ1n) is 11.6. The van der Waals surface area contributed by atoms with Gasteiger partial charge in [-0.3, -0.25) is 9.59 Å². The van der Waals surface area contributed by atoms with Gasteiger partial charge < -0.3 is 19.2 Å². The number of fused-ring (bicyclic) bond motifs is 1. The van der Waals surface area contributed by atoms with Crippen LogP contribution in [0, 0.1) is 6.92 Å². The Morgan fingerprint density at radius 2 is 1.59 bits per heavy atom. The molecule has 0 saturated heterocycles. The normalized spacial score (nSPS) is 11.5. The fraction of sp³-hybridized carbons (Fsp3) is 0.172. The molecule has 4 rings (SSSR count). The molecule has 4 aromatic rings. The molecule has 0 aliphatic heterocycles. The molecule has 8 nitrogen and oxygen atoms in total. The van der Waals surface area contributed by atoms with Crippen molar-refractivity contribution in [1.29, 1.82) is 0 Å². The Labute approximate surface area is 212 Å². The fourth-order valence-electron chi connectivity index (χ4n) is 3.61. The van der Waals surface area contributed by atoms with Gasteiger partial charge in [-0.05, 0) is 80.4 Å². The van der Waals surface area contributed by atoms with Crippen molar-refractivity contribution >= 4 is 34.3 Å². The molecule has 0 spiro atoms. The van der Waals surface area contributed by atoms with E-state index in [0.29, 0.717) is 22.6 Å². The number of hydrogen-bond acceptors (Lipinski definition) is 7. The number of hydrogen-bond donors (Lipinski definition) is 1. The summed E-state index contributed by atoms with van der Waals surface area (Å²) in [5, 5.41) is 3.49. The predicted molar refractivity (Wildman–Crippen MR) is 138 cm³/mol. The quantitative estimate of drug-likeness (QED) is 0.205. The van der Waals surface area contributed by atoms with Gasteiger partial charge in [-0.15, -0.1) is 0 Å². The molecule has 1 aromatic heterocycles. The monoisotopic (exact) mass is 499 g/mol. The number of ether oxygens (including phenoxy) is 2. The molecule has 3 aromatic carbocycles. The molecule has 1 atom stereocenters. The molecule has 0 aliphatic rings. The van der Waals surface area contributed by atoms with E-state index in [2.05, 4.69) is 5.32 Å². The SMILES string of the molecule is CC(=O)c1ccc(NC(=O)C(C)OC(=O)c2ccc(COc3ccc4c(C)cc(=O)oc4c3)cc2)cc1. The molecule has 1 unspecified atom stereocenters. The molecule has 0 aliphatic carbocycles. The minimum absolute atomic E-state index is 0.0728. The summed E-state index contributed by atoms with van der Waals surface area (Å²) in [4.78, 5) is 47.9. The van der Waals surface area contributed by atoms with Gasteiger partial charge in [0.2, 0.25) is 0 Å². The van der Waals surface area contributed by atoms with E-state index < -0.39 is 23.6 Å². The molecule has 0 fully saturated rings. The van der Waals surface area contributed by atoms with E-state index in [4.69, 9.17) is 13.9 Å². The van der Waals surface area contributed by atoms with Crippen LogP contribution in [0.15, 0.2) is 82.0 Å². The Bertz CT molecular complexity index is 1520. The van der Waals surface area contributed by atoms with Gasteiger partial charge in [-0.1, -0.05) is 12.1 Å². The lowest BCUT2D eigenvalue weighted by atomic mass is 10.1. The van der Waals surface area contributed by atoms with E-state index in [1.807, 2.05) is 13.0 Å². The minimum Gasteiger partial charge on any atom is -0.489 e. The molecule has 0 bridgehead atoms. The molecular formula is C29H25NO7. The lowest BCUT2D eigenvalue weighted by Crippen LogP contribution is -2.30. The number of ketones is 1. The van der Waals surface area contributed by atoms with Gasteiger partial charge >= 0.3 is 11.6 Å². The van der Waals surface area contributed by atoms with Crippen LogP contribution in [-0.4, -0.2) is 23.8 Å². The third-order valence-corrected chi connectivity index (χ3v) is 5.73. The summed E-state index contributed by atoms with van der Waals surface area (Å²) in [6.45, 7) is 5.02. The third-order valence-electron chi connectivity index (χ3n) is 5.73. The summed E-state index contributed by atoms with van der Waals surface area (Å²) >= 11 is 0. The number of anilines is 1. The molecule has 1 heterocycles. The van der Waals surface area contributed by atoms with E-state index in [1.54, 1.807) is 60.7 Å². The first kappa shape index (κ1) is 25.4. The van der Waals surface area contributed by atoms with Gasteiger partial charge in [0.05, 0.1) is 5.56 Å². The molecular weight excluding hydrogens is 474 g/mol. The largest absolute Gasteiger partial charge is 0.489 e. The lowest BCUT2D eigenvalue weighted by molar-refractivity contribution is -0.123. The van der Waals surface area contributed by atoms with Crippen molar-refractivity contribution in [3.63, 3.8) is 0 Å². The van der Waals surface area contributed by atoms with E-state index in [0.717, 1.165) is 16.5 Å². The first-order chi connectivity index (χ1) is 17.7. The molecule has 8 heteroatoms. The summed E-state index contributed by atoms with van der Waals surface area (Å²) < 4.78 is 16.3. The maximum absolute atomic E-state index is 12.5. The van der Waals surface area contributed by atoms with Crippen LogP contribution in [0.3, 0.4) is 0 Å². The van der Waals surface area contributed by atoms with Crippen LogP contribution >= 0.6 is 0 Å². The molecule has 0 saturated carbocycles. The Balaban J connectivity index is 1.31. The number of rotatable bonds is 8. The van der Waals surface area contributed by atoms with Gasteiger partial charge in [0.25, 0.3) is 5.91 Å². The number of esters is 1. The summed E-state index contributed by atoms with van der Waals surface area (Å²) in [6, 6.07) is 19.8. The Morgan fingerprint density at radius 1 is 0.919 bits per heavy atom. The minimum atomic E-state index is -1.03. The fourth-order valence-corrected chi connectivity index (χ4v) is 3.61. The average molecular weight is 500 g/mol. The van der Waals surface area contributed by atoms with Crippen molar-refractivity contribution < 1.29 is 28.3 Å². The van der Waals surface area contributed by atoms with Crippen LogP contribution in [0.5, 0.6) is 5.75 Å².